The molecule has 1 aliphatic heterocycles. The van der Waals surface area contributed by atoms with E-state index in [0.717, 1.165) is 5.75 Å². The van der Waals surface area contributed by atoms with Gasteiger partial charge in [-0.15, -0.1) is 0 Å². The lowest BCUT2D eigenvalue weighted by molar-refractivity contribution is 0.414. The monoisotopic (exact) mass is 225 g/mol. The van der Waals surface area contributed by atoms with Gasteiger partial charge in [0.25, 0.3) is 0 Å². The molecule has 0 aromatic heterocycles. The van der Waals surface area contributed by atoms with Gasteiger partial charge in [0.15, 0.2) is 0 Å². The Morgan fingerprint density at radius 3 is 2.71 bits per heavy atom. The van der Waals surface area contributed by atoms with Crippen molar-refractivity contribution in [2.45, 2.75) is 13.0 Å². The van der Waals surface area contributed by atoms with Gasteiger partial charge < -0.3 is 10.1 Å². The fourth-order valence-corrected chi connectivity index (χ4v) is 2.43. The molecule has 0 radical (unpaired) electrons. The number of anilines is 1. The lowest BCUT2D eigenvalue weighted by Crippen LogP contribution is -2.13. The number of hydrogen-bond donors (Lipinski definition) is 1. The molecule has 0 bridgehead atoms. The van der Waals surface area contributed by atoms with Gasteiger partial charge in [-0.3, -0.25) is 0 Å². The summed E-state index contributed by atoms with van der Waals surface area (Å²) >= 11 is 0. The van der Waals surface area contributed by atoms with E-state index < -0.39 is 0 Å². The zero-order valence-electron chi connectivity index (χ0n) is 10.0. The molecule has 86 valence electrons. The van der Waals surface area contributed by atoms with Crippen LogP contribution in [-0.2, 0) is 0 Å². The Labute approximate surface area is 101 Å². The highest BCUT2D eigenvalue weighted by Crippen LogP contribution is 2.41. The Bertz CT molecular complexity index is 563. The highest BCUT2D eigenvalue weighted by molar-refractivity contribution is 5.84. The van der Waals surface area contributed by atoms with E-state index in [1.165, 1.54) is 22.4 Å². The second-order valence-corrected chi connectivity index (χ2v) is 4.36. The molecule has 2 aromatic rings. The third kappa shape index (κ3) is 1.57. The van der Waals surface area contributed by atoms with Gasteiger partial charge in [0.1, 0.15) is 5.75 Å². The Hall–Kier alpha value is -1.96. The van der Waals surface area contributed by atoms with Crippen molar-refractivity contribution >= 4 is 5.69 Å². The number of methoxy groups -OCH3 is 1. The van der Waals surface area contributed by atoms with Crippen LogP contribution in [0.15, 0.2) is 42.5 Å². The molecule has 0 aliphatic carbocycles. The van der Waals surface area contributed by atoms with E-state index in [4.69, 9.17) is 4.74 Å². The molecule has 0 amide bonds. The molecule has 1 heterocycles. The maximum atomic E-state index is 5.29. The minimum atomic E-state index is 0.315. The molecule has 0 saturated carbocycles. The Morgan fingerprint density at radius 2 is 1.88 bits per heavy atom. The van der Waals surface area contributed by atoms with Crippen molar-refractivity contribution < 1.29 is 4.74 Å². The predicted octanol–water partition coefficient (Wildman–Crippen LogP) is 3.85. The van der Waals surface area contributed by atoms with Crippen molar-refractivity contribution in [3.05, 3.63) is 48.0 Å². The van der Waals surface area contributed by atoms with Crippen molar-refractivity contribution in [3.8, 4) is 16.9 Å². The van der Waals surface area contributed by atoms with E-state index in [-0.39, 0.29) is 0 Å². The van der Waals surface area contributed by atoms with Crippen LogP contribution < -0.4 is 10.1 Å². The molecule has 0 spiro atoms. The van der Waals surface area contributed by atoms with Crippen LogP contribution in [-0.4, -0.2) is 7.11 Å². The Balaban J connectivity index is 2.22. The number of fused-ring (bicyclic) bond motifs is 3. The highest BCUT2D eigenvalue weighted by atomic mass is 16.5. The normalized spacial score (nSPS) is 16.7. The van der Waals surface area contributed by atoms with Crippen LogP contribution >= 0.6 is 0 Å². The summed E-state index contributed by atoms with van der Waals surface area (Å²) in [6, 6.07) is 15.0. The maximum Gasteiger partial charge on any atom is 0.119 e. The fourth-order valence-electron chi connectivity index (χ4n) is 2.43. The van der Waals surface area contributed by atoms with Gasteiger partial charge in [-0.1, -0.05) is 24.3 Å². The first-order chi connectivity index (χ1) is 8.29. The zero-order valence-corrected chi connectivity index (χ0v) is 10.0. The first kappa shape index (κ1) is 10.2. The van der Waals surface area contributed by atoms with Crippen molar-refractivity contribution in [1.29, 1.82) is 0 Å². The summed E-state index contributed by atoms with van der Waals surface area (Å²) in [5, 5.41) is 3.51. The van der Waals surface area contributed by atoms with Crippen LogP contribution in [0.25, 0.3) is 11.1 Å². The molecule has 2 aromatic carbocycles. The maximum absolute atomic E-state index is 5.29. The van der Waals surface area contributed by atoms with Gasteiger partial charge in [0.05, 0.1) is 7.11 Å². The van der Waals surface area contributed by atoms with Gasteiger partial charge in [-0.2, -0.15) is 0 Å². The molecule has 1 aliphatic rings. The van der Waals surface area contributed by atoms with E-state index in [1.54, 1.807) is 7.11 Å². The first-order valence-corrected chi connectivity index (χ1v) is 5.83. The summed E-state index contributed by atoms with van der Waals surface area (Å²) in [4.78, 5) is 0. The molecular formula is C15H15NO. The van der Waals surface area contributed by atoms with Crippen LogP contribution in [0.3, 0.4) is 0 Å². The predicted molar refractivity (Wildman–Crippen MR) is 70.5 cm³/mol. The average molecular weight is 225 g/mol. The van der Waals surface area contributed by atoms with Crippen molar-refractivity contribution in [2.75, 3.05) is 12.4 Å². The topological polar surface area (TPSA) is 21.3 Å². The van der Waals surface area contributed by atoms with Gasteiger partial charge in [-0.25, -0.2) is 0 Å². The largest absolute Gasteiger partial charge is 0.497 e. The first-order valence-electron chi connectivity index (χ1n) is 5.83. The summed E-state index contributed by atoms with van der Waals surface area (Å²) in [5.74, 6) is 0.914. The van der Waals surface area contributed by atoms with Crippen LogP contribution in [0.4, 0.5) is 5.69 Å². The van der Waals surface area contributed by atoms with E-state index in [0.29, 0.717) is 6.04 Å². The summed E-state index contributed by atoms with van der Waals surface area (Å²) in [6.45, 7) is 2.17. The Kier molecular flexibility index (Phi) is 2.29. The van der Waals surface area contributed by atoms with E-state index in [9.17, 15) is 0 Å². The molecule has 17 heavy (non-hydrogen) atoms. The van der Waals surface area contributed by atoms with Gasteiger partial charge in [0, 0.05) is 17.3 Å². The molecule has 1 N–H and O–H groups in total. The molecule has 2 nitrogen and oxygen atoms in total. The van der Waals surface area contributed by atoms with E-state index in [1.807, 2.05) is 6.07 Å². The molecule has 2 heteroatoms. The standard InChI is InChI=1S/C15H15NO/c1-10-14-9-11(17-2)7-8-12(14)13-5-3-4-6-15(13)16-10/h3-10,16H,1-2H3/t10-/m1/s1. The smallest absolute Gasteiger partial charge is 0.119 e. The van der Waals surface area contributed by atoms with Gasteiger partial charge in [-0.05, 0) is 36.2 Å². The number of para-hydroxylation sites is 1. The average Bonchev–Trinajstić information content (AvgIpc) is 2.38. The number of benzene rings is 2. The quantitative estimate of drug-likeness (QED) is 0.796. The third-order valence-electron chi connectivity index (χ3n) is 3.31. The van der Waals surface area contributed by atoms with Crippen LogP contribution in [0, 0.1) is 0 Å². The minimum absolute atomic E-state index is 0.315. The molecule has 0 saturated heterocycles. The van der Waals surface area contributed by atoms with E-state index >= 15 is 0 Å². The summed E-state index contributed by atoms with van der Waals surface area (Å²) in [5.41, 5.74) is 5.07. The van der Waals surface area contributed by atoms with Crippen LogP contribution in [0.1, 0.15) is 18.5 Å². The summed E-state index contributed by atoms with van der Waals surface area (Å²) in [6.07, 6.45) is 0. The third-order valence-corrected chi connectivity index (χ3v) is 3.31. The van der Waals surface area contributed by atoms with Gasteiger partial charge >= 0.3 is 0 Å². The van der Waals surface area contributed by atoms with Gasteiger partial charge in [0.2, 0.25) is 0 Å². The highest BCUT2D eigenvalue weighted by Gasteiger charge is 2.20. The van der Waals surface area contributed by atoms with E-state index in [2.05, 4.69) is 48.6 Å². The van der Waals surface area contributed by atoms with Crippen LogP contribution in [0.5, 0.6) is 5.75 Å². The molecule has 3 rings (SSSR count). The number of hydrogen-bond acceptors (Lipinski definition) is 2. The molecule has 1 atom stereocenters. The number of rotatable bonds is 1. The number of nitrogens with one attached hydrogen (secondary N) is 1. The lowest BCUT2D eigenvalue weighted by Gasteiger charge is -2.27. The Morgan fingerprint density at radius 1 is 1.06 bits per heavy atom. The van der Waals surface area contributed by atoms with Crippen molar-refractivity contribution in [1.82, 2.24) is 0 Å². The summed E-state index contributed by atoms with van der Waals surface area (Å²) < 4.78 is 5.29. The lowest BCUT2D eigenvalue weighted by atomic mass is 9.90. The van der Waals surface area contributed by atoms with Crippen LogP contribution in [0.2, 0.25) is 0 Å². The minimum Gasteiger partial charge on any atom is -0.497 e. The zero-order chi connectivity index (χ0) is 11.8. The van der Waals surface area contributed by atoms with Crippen molar-refractivity contribution in [2.24, 2.45) is 0 Å². The second-order valence-electron chi connectivity index (χ2n) is 4.36. The molecule has 0 unspecified atom stereocenters. The fraction of sp³-hybridized carbons (Fsp3) is 0.200. The summed E-state index contributed by atoms with van der Waals surface area (Å²) in [7, 11) is 1.70. The SMILES string of the molecule is COc1ccc2c(c1)[C@@H](C)Nc1ccccc1-2. The second kappa shape index (κ2) is 3.81. The van der Waals surface area contributed by atoms with Crippen molar-refractivity contribution in [3.63, 3.8) is 0 Å². The molecule has 0 fully saturated rings. The number of ether oxygens (including phenoxy) is 1. The molecular weight excluding hydrogens is 210 g/mol.